The summed E-state index contributed by atoms with van der Waals surface area (Å²) in [5, 5.41) is 14.8. The highest BCUT2D eigenvalue weighted by atomic mass is 32.2. The van der Waals surface area contributed by atoms with Crippen molar-refractivity contribution >= 4 is 38.7 Å². The molecule has 0 spiro atoms. The van der Waals surface area contributed by atoms with Crippen LogP contribution in [0, 0.1) is 0 Å². The lowest BCUT2D eigenvalue weighted by atomic mass is 10.1. The van der Waals surface area contributed by atoms with E-state index in [2.05, 4.69) is 38.1 Å². The van der Waals surface area contributed by atoms with E-state index in [1.165, 1.54) is 16.2 Å². The molecule has 4 aromatic rings. The minimum absolute atomic E-state index is 0.312. The maximum Gasteiger partial charge on any atom is 0.247 e. The molecule has 0 amide bonds. The van der Waals surface area contributed by atoms with Gasteiger partial charge in [0.05, 0.1) is 11.9 Å². The highest BCUT2D eigenvalue weighted by molar-refractivity contribution is 7.88. The fraction of sp³-hybridized carbons (Fsp3) is 0.308. The molecule has 0 unspecified atom stereocenters. The fourth-order valence-corrected chi connectivity index (χ4v) is 4.74. The number of piperazine rings is 1. The molecule has 10 nitrogen and oxygen atoms in total. The standard InChI is InChI=1S/C26H32N8O2S/c1-32(37(2,35)36)19-21-8-4-3-7-20(21)18-28-24-11-6-14-34-25(24)30-26(31-34)29-22-9-5-10-23(17-22)33-15-12-27-13-16-33/h3-11,14,17,27-28H,12-13,15-16,18-19H2,1-2H3,(H,29,31). The summed E-state index contributed by atoms with van der Waals surface area (Å²) < 4.78 is 26.9. The summed E-state index contributed by atoms with van der Waals surface area (Å²) in [5.41, 5.74) is 5.62. The van der Waals surface area contributed by atoms with Crippen LogP contribution in [0.25, 0.3) is 5.65 Å². The number of pyridine rings is 1. The monoisotopic (exact) mass is 520 g/mol. The minimum atomic E-state index is -3.27. The SMILES string of the molecule is CN(Cc1ccccc1CNc1cccn2nc(Nc3cccc(N4CCNCC4)c3)nc12)S(C)(=O)=O. The van der Waals surface area contributed by atoms with Crippen LogP contribution in [0.3, 0.4) is 0 Å². The first-order valence-electron chi connectivity index (χ1n) is 12.3. The van der Waals surface area contributed by atoms with Crippen LogP contribution in [0.15, 0.2) is 66.9 Å². The topological polar surface area (TPSA) is 107 Å². The van der Waals surface area contributed by atoms with Crippen molar-refractivity contribution in [3.63, 3.8) is 0 Å². The predicted molar refractivity (Wildman–Crippen MR) is 148 cm³/mol. The molecule has 0 radical (unpaired) electrons. The number of hydrogen-bond acceptors (Lipinski definition) is 8. The Morgan fingerprint density at radius 1 is 1.03 bits per heavy atom. The van der Waals surface area contributed by atoms with Crippen LogP contribution in [0.2, 0.25) is 0 Å². The van der Waals surface area contributed by atoms with Crippen molar-refractivity contribution in [1.82, 2.24) is 24.2 Å². The van der Waals surface area contributed by atoms with Gasteiger partial charge < -0.3 is 20.9 Å². The van der Waals surface area contributed by atoms with Crippen LogP contribution < -0.4 is 20.9 Å². The third-order valence-electron chi connectivity index (χ3n) is 6.49. The Balaban J connectivity index is 1.32. The van der Waals surface area contributed by atoms with Gasteiger partial charge in [-0.25, -0.2) is 17.2 Å². The van der Waals surface area contributed by atoms with Crippen molar-refractivity contribution in [3.05, 3.63) is 78.0 Å². The second kappa shape index (κ2) is 10.8. The number of benzene rings is 2. The zero-order chi connectivity index (χ0) is 25.8. The van der Waals surface area contributed by atoms with Crippen molar-refractivity contribution in [3.8, 4) is 0 Å². The van der Waals surface area contributed by atoms with Gasteiger partial charge in [-0.2, -0.15) is 4.98 Å². The Hall–Kier alpha value is -3.67. The van der Waals surface area contributed by atoms with E-state index < -0.39 is 10.0 Å². The van der Waals surface area contributed by atoms with E-state index in [0.29, 0.717) is 24.7 Å². The first-order chi connectivity index (χ1) is 17.9. The highest BCUT2D eigenvalue weighted by Crippen LogP contribution is 2.24. The molecule has 1 saturated heterocycles. The predicted octanol–water partition coefficient (Wildman–Crippen LogP) is 2.89. The Morgan fingerprint density at radius 3 is 2.59 bits per heavy atom. The number of anilines is 4. The Bertz CT molecular complexity index is 1480. The van der Waals surface area contributed by atoms with Crippen LogP contribution >= 0.6 is 0 Å². The molecular weight excluding hydrogens is 488 g/mol. The van der Waals surface area contributed by atoms with E-state index in [-0.39, 0.29) is 0 Å². The summed E-state index contributed by atoms with van der Waals surface area (Å²) in [5.74, 6) is 0.516. The number of rotatable bonds is 9. The van der Waals surface area contributed by atoms with Gasteiger partial charge in [0.1, 0.15) is 0 Å². The van der Waals surface area contributed by atoms with E-state index in [1.54, 1.807) is 11.6 Å². The molecule has 3 heterocycles. The maximum absolute atomic E-state index is 11.9. The molecule has 0 aliphatic carbocycles. The first kappa shape index (κ1) is 25.0. The molecule has 0 bridgehead atoms. The summed E-state index contributed by atoms with van der Waals surface area (Å²) in [6, 6.07) is 20.0. The normalized spacial score (nSPS) is 14.3. The van der Waals surface area contributed by atoms with Crippen LogP contribution in [-0.4, -0.2) is 66.8 Å². The van der Waals surface area contributed by atoms with Gasteiger partial charge in [-0.05, 0) is 41.5 Å². The lowest BCUT2D eigenvalue weighted by molar-refractivity contribution is 0.471. The van der Waals surface area contributed by atoms with Gasteiger partial charge in [0, 0.05) is 63.9 Å². The third kappa shape index (κ3) is 6.01. The number of hydrogen-bond donors (Lipinski definition) is 3. The molecule has 0 saturated carbocycles. The molecule has 1 fully saturated rings. The summed E-state index contributed by atoms with van der Waals surface area (Å²) in [6.45, 7) is 4.78. The van der Waals surface area contributed by atoms with Gasteiger partial charge in [-0.1, -0.05) is 30.3 Å². The molecule has 2 aromatic carbocycles. The summed E-state index contributed by atoms with van der Waals surface area (Å²) >= 11 is 0. The molecule has 11 heteroatoms. The second-order valence-electron chi connectivity index (χ2n) is 9.18. The molecule has 5 rings (SSSR count). The van der Waals surface area contributed by atoms with E-state index in [4.69, 9.17) is 4.98 Å². The van der Waals surface area contributed by atoms with Crippen LogP contribution in [0.1, 0.15) is 11.1 Å². The van der Waals surface area contributed by atoms with Crippen molar-refractivity contribution in [2.24, 2.45) is 0 Å². The van der Waals surface area contributed by atoms with Gasteiger partial charge in [-0.3, -0.25) is 0 Å². The Labute approximate surface area is 217 Å². The highest BCUT2D eigenvalue weighted by Gasteiger charge is 2.15. The molecule has 2 aromatic heterocycles. The molecule has 3 N–H and O–H groups in total. The third-order valence-corrected chi connectivity index (χ3v) is 7.76. The quantitative estimate of drug-likeness (QED) is 0.309. The van der Waals surface area contributed by atoms with Gasteiger partial charge in [-0.15, -0.1) is 5.10 Å². The van der Waals surface area contributed by atoms with Gasteiger partial charge in [0.25, 0.3) is 0 Å². The summed E-state index contributed by atoms with van der Waals surface area (Å²) in [7, 11) is -1.68. The van der Waals surface area contributed by atoms with Crippen molar-refractivity contribution in [2.45, 2.75) is 13.1 Å². The molecule has 1 aliphatic heterocycles. The molecule has 194 valence electrons. The fourth-order valence-electron chi connectivity index (χ4n) is 4.36. The van der Waals surface area contributed by atoms with Gasteiger partial charge in [0.15, 0.2) is 5.65 Å². The molecular formula is C26H32N8O2S. The lowest BCUT2D eigenvalue weighted by Crippen LogP contribution is -2.43. The van der Waals surface area contributed by atoms with Crippen LogP contribution in [0.5, 0.6) is 0 Å². The van der Waals surface area contributed by atoms with E-state index in [9.17, 15) is 8.42 Å². The molecule has 1 aliphatic rings. The van der Waals surface area contributed by atoms with Gasteiger partial charge in [0.2, 0.25) is 16.0 Å². The number of fused-ring (bicyclic) bond motifs is 1. The summed E-state index contributed by atoms with van der Waals surface area (Å²) in [6.07, 6.45) is 3.08. The molecule has 37 heavy (non-hydrogen) atoms. The van der Waals surface area contributed by atoms with Crippen LogP contribution in [-0.2, 0) is 23.1 Å². The maximum atomic E-state index is 11.9. The average Bonchev–Trinajstić information content (AvgIpc) is 3.31. The number of aromatic nitrogens is 3. The van der Waals surface area contributed by atoms with Gasteiger partial charge >= 0.3 is 0 Å². The Morgan fingerprint density at radius 2 is 1.81 bits per heavy atom. The van der Waals surface area contributed by atoms with E-state index in [1.807, 2.05) is 54.7 Å². The van der Waals surface area contributed by atoms with Crippen molar-refractivity contribution in [1.29, 1.82) is 0 Å². The van der Waals surface area contributed by atoms with Crippen LogP contribution in [0.4, 0.5) is 23.0 Å². The van der Waals surface area contributed by atoms with E-state index in [0.717, 1.165) is 48.7 Å². The average molecular weight is 521 g/mol. The Kier molecular flexibility index (Phi) is 7.26. The lowest BCUT2D eigenvalue weighted by Gasteiger charge is -2.29. The zero-order valence-electron chi connectivity index (χ0n) is 21.1. The second-order valence-corrected chi connectivity index (χ2v) is 11.3. The van der Waals surface area contributed by atoms with Crippen molar-refractivity contribution in [2.75, 3.05) is 55.0 Å². The number of sulfonamides is 1. The molecule has 0 atom stereocenters. The number of nitrogens with one attached hydrogen (secondary N) is 3. The summed E-state index contributed by atoms with van der Waals surface area (Å²) in [4.78, 5) is 7.10. The first-order valence-corrected chi connectivity index (χ1v) is 14.1. The van der Waals surface area contributed by atoms with E-state index >= 15 is 0 Å². The van der Waals surface area contributed by atoms with Crippen molar-refractivity contribution < 1.29 is 8.42 Å². The number of nitrogens with zero attached hydrogens (tertiary/aromatic N) is 5. The smallest absolute Gasteiger partial charge is 0.247 e. The largest absolute Gasteiger partial charge is 0.378 e. The zero-order valence-corrected chi connectivity index (χ0v) is 21.9. The minimum Gasteiger partial charge on any atom is -0.378 e.